The highest BCUT2D eigenvalue weighted by atomic mass is 35.5. The van der Waals surface area contributed by atoms with Gasteiger partial charge in [-0.25, -0.2) is 10.2 Å². The highest BCUT2D eigenvalue weighted by molar-refractivity contribution is 6.30. The largest absolute Gasteiger partial charge is 0.444 e. The lowest BCUT2D eigenvalue weighted by atomic mass is 9.98. The number of halogens is 1. The van der Waals surface area contributed by atoms with Crippen molar-refractivity contribution < 1.29 is 19.1 Å². The summed E-state index contributed by atoms with van der Waals surface area (Å²) in [5, 5.41) is 7.67. The molecule has 0 saturated carbocycles. The average molecular weight is 528 g/mol. The number of nitrogens with one attached hydrogen (secondary N) is 3. The van der Waals surface area contributed by atoms with Crippen LogP contribution in [0, 0.1) is 0 Å². The number of rotatable bonds is 9. The van der Waals surface area contributed by atoms with Gasteiger partial charge < -0.3 is 15.4 Å². The first-order valence-electron chi connectivity index (χ1n) is 12.2. The Morgan fingerprint density at radius 1 is 1.11 bits per heavy atom. The number of alkyl carbamates (subject to hydrolysis) is 1. The van der Waals surface area contributed by atoms with Crippen molar-refractivity contribution >= 4 is 29.5 Å². The molecule has 1 aromatic heterocycles. The summed E-state index contributed by atoms with van der Waals surface area (Å²) in [4.78, 5) is 42.0. The van der Waals surface area contributed by atoms with E-state index >= 15 is 0 Å². The van der Waals surface area contributed by atoms with Gasteiger partial charge in [0.25, 0.3) is 5.91 Å². The van der Waals surface area contributed by atoms with Crippen LogP contribution in [0.4, 0.5) is 4.79 Å². The summed E-state index contributed by atoms with van der Waals surface area (Å²) < 4.78 is 5.28. The van der Waals surface area contributed by atoms with Gasteiger partial charge in [0.05, 0.1) is 6.42 Å². The Morgan fingerprint density at radius 3 is 2.57 bits per heavy atom. The summed E-state index contributed by atoms with van der Waals surface area (Å²) in [7, 11) is 0. The fourth-order valence-electron chi connectivity index (χ4n) is 3.77. The molecule has 37 heavy (non-hydrogen) atoms. The Hall–Kier alpha value is -3.43. The highest BCUT2D eigenvalue weighted by Crippen LogP contribution is 2.21. The molecule has 1 aromatic carbocycles. The normalized spacial score (nSPS) is 14.0. The van der Waals surface area contributed by atoms with Gasteiger partial charge >= 0.3 is 6.09 Å². The lowest BCUT2D eigenvalue weighted by Crippen LogP contribution is -2.46. The molecular weight excluding hydrogens is 494 g/mol. The zero-order valence-electron chi connectivity index (χ0n) is 21.7. The number of nitrogens with zero attached hydrogens (tertiary/aromatic N) is 2. The van der Waals surface area contributed by atoms with Crippen LogP contribution in [0.3, 0.4) is 0 Å². The maximum Gasteiger partial charge on any atom is 0.407 e. The lowest BCUT2D eigenvalue weighted by molar-refractivity contribution is -0.132. The fraction of sp³-hybridized carbons (Fsp3) is 0.407. The van der Waals surface area contributed by atoms with E-state index in [9.17, 15) is 14.4 Å². The van der Waals surface area contributed by atoms with Crippen molar-refractivity contribution in [3.05, 3.63) is 75.6 Å². The predicted octanol–water partition coefficient (Wildman–Crippen LogP) is 4.02. The van der Waals surface area contributed by atoms with Crippen molar-refractivity contribution in [2.45, 2.75) is 65.8 Å². The van der Waals surface area contributed by atoms with Gasteiger partial charge in [0.2, 0.25) is 5.91 Å². The van der Waals surface area contributed by atoms with Crippen LogP contribution in [0.15, 0.2) is 53.9 Å². The first kappa shape index (κ1) is 28.1. The standard InChI is InChI=1S/C27H34ClN5O4/c1-18-9-11-33(32-15-19-6-5-10-29-14-19)25(35)23(18)13-24(34)30-17-21-12-22(28)8-7-20(21)16-31-26(36)37-27(2,3)4/h5-8,10,12,14,32H,9,11,13,15-17H2,1-4H3,(H,30,34)(H,31,36). The Bertz CT molecular complexity index is 1160. The van der Waals surface area contributed by atoms with E-state index < -0.39 is 11.7 Å². The smallest absolute Gasteiger partial charge is 0.407 e. The second-order valence-corrected chi connectivity index (χ2v) is 10.3. The molecule has 9 nitrogen and oxygen atoms in total. The molecule has 0 unspecified atom stereocenters. The molecule has 0 bridgehead atoms. The van der Waals surface area contributed by atoms with Gasteiger partial charge in [0.15, 0.2) is 0 Å². The van der Waals surface area contributed by atoms with Crippen LogP contribution in [0.25, 0.3) is 0 Å². The van der Waals surface area contributed by atoms with Gasteiger partial charge in [-0.3, -0.25) is 19.6 Å². The first-order valence-corrected chi connectivity index (χ1v) is 12.5. The summed E-state index contributed by atoms with van der Waals surface area (Å²) in [6.45, 7) is 8.68. The molecule has 0 radical (unpaired) electrons. The number of benzene rings is 1. The van der Waals surface area contributed by atoms with E-state index in [0.717, 1.165) is 22.3 Å². The third-order valence-corrected chi connectivity index (χ3v) is 5.96. The summed E-state index contributed by atoms with van der Waals surface area (Å²) in [6, 6.07) is 9.03. The van der Waals surface area contributed by atoms with Crippen LogP contribution in [0.2, 0.25) is 5.02 Å². The summed E-state index contributed by atoms with van der Waals surface area (Å²) in [5.74, 6) is -0.476. The van der Waals surface area contributed by atoms with E-state index in [2.05, 4.69) is 21.0 Å². The van der Waals surface area contributed by atoms with E-state index in [1.165, 1.54) is 0 Å². The van der Waals surface area contributed by atoms with Gasteiger partial charge in [-0.05, 0) is 69.0 Å². The van der Waals surface area contributed by atoms with Gasteiger partial charge in [-0.2, -0.15) is 0 Å². The number of carbonyl (C=O) groups is 3. The van der Waals surface area contributed by atoms with Crippen molar-refractivity contribution in [3.8, 4) is 0 Å². The zero-order valence-corrected chi connectivity index (χ0v) is 22.4. The summed E-state index contributed by atoms with van der Waals surface area (Å²) in [6.07, 6.45) is 3.56. The minimum atomic E-state index is -0.603. The minimum Gasteiger partial charge on any atom is -0.444 e. The van der Waals surface area contributed by atoms with Crippen LogP contribution in [-0.2, 0) is 34.0 Å². The second-order valence-electron chi connectivity index (χ2n) is 9.88. The topological polar surface area (TPSA) is 113 Å². The van der Waals surface area contributed by atoms with Crippen LogP contribution < -0.4 is 16.1 Å². The van der Waals surface area contributed by atoms with E-state index in [-0.39, 0.29) is 31.3 Å². The molecule has 0 spiro atoms. The quantitative estimate of drug-likeness (QED) is 0.454. The van der Waals surface area contributed by atoms with E-state index in [1.54, 1.807) is 56.4 Å². The Balaban J connectivity index is 1.57. The van der Waals surface area contributed by atoms with Crippen molar-refractivity contribution in [2.24, 2.45) is 0 Å². The van der Waals surface area contributed by atoms with Crippen LogP contribution in [0.5, 0.6) is 0 Å². The van der Waals surface area contributed by atoms with Crippen molar-refractivity contribution in [1.29, 1.82) is 0 Å². The number of hydrazine groups is 1. The summed E-state index contributed by atoms with van der Waals surface area (Å²) in [5.41, 5.74) is 6.44. The number of ether oxygens (including phenoxy) is 1. The number of carbonyl (C=O) groups excluding carboxylic acids is 3. The fourth-order valence-corrected chi connectivity index (χ4v) is 3.97. The average Bonchev–Trinajstić information content (AvgIpc) is 2.84. The van der Waals surface area contributed by atoms with Crippen molar-refractivity contribution in [3.63, 3.8) is 0 Å². The molecule has 0 atom stereocenters. The monoisotopic (exact) mass is 527 g/mol. The van der Waals surface area contributed by atoms with E-state index in [4.69, 9.17) is 16.3 Å². The molecule has 3 N–H and O–H groups in total. The number of hydrogen-bond donors (Lipinski definition) is 3. The first-order chi connectivity index (χ1) is 17.5. The van der Waals surface area contributed by atoms with Gasteiger partial charge in [0, 0.05) is 49.2 Å². The molecule has 2 aromatic rings. The van der Waals surface area contributed by atoms with Gasteiger partial charge in [-0.1, -0.05) is 29.3 Å². The molecule has 2 heterocycles. The van der Waals surface area contributed by atoms with Crippen LogP contribution in [0.1, 0.15) is 57.2 Å². The number of pyridine rings is 1. The zero-order chi connectivity index (χ0) is 27.0. The van der Waals surface area contributed by atoms with E-state index in [1.807, 2.05) is 19.1 Å². The molecule has 1 aliphatic rings. The van der Waals surface area contributed by atoms with Crippen molar-refractivity contribution in [1.82, 2.24) is 26.1 Å². The van der Waals surface area contributed by atoms with Gasteiger partial charge in [0.1, 0.15) is 5.60 Å². The number of amides is 3. The molecule has 3 rings (SSSR count). The Labute approximate surface area is 222 Å². The molecule has 10 heteroatoms. The third-order valence-electron chi connectivity index (χ3n) is 5.73. The van der Waals surface area contributed by atoms with E-state index in [0.29, 0.717) is 30.1 Å². The lowest BCUT2D eigenvalue weighted by Gasteiger charge is -2.30. The maximum atomic E-state index is 13.1. The van der Waals surface area contributed by atoms with Crippen molar-refractivity contribution in [2.75, 3.05) is 6.54 Å². The Kier molecular flexibility index (Phi) is 9.66. The third kappa shape index (κ3) is 8.87. The Morgan fingerprint density at radius 2 is 1.86 bits per heavy atom. The van der Waals surface area contributed by atoms with Crippen LogP contribution >= 0.6 is 11.6 Å². The highest BCUT2D eigenvalue weighted by Gasteiger charge is 2.27. The molecule has 1 aliphatic heterocycles. The number of hydrogen-bond acceptors (Lipinski definition) is 6. The molecule has 0 saturated heterocycles. The number of aromatic nitrogens is 1. The molecular formula is C27H34ClN5O4. The molecule has 3 amide bonds. The second kappa shape index (κ2) is 12.7. The summed E-state index contributed by atoms with van der Waals surface area (Å²) >= 11 is 6.17. The molecule has 198 valence electrons. The maximum absolute atomic E-state index is 13.1. The molecule has 0 aliphatic carbocycles. The van der Waals surface area contributed by atoms with Crippen LogP contribution in [-0.4, -0.2) is 40.0 Å². The van der Waals surface area contributed by atoms with Gasteiger partial charge in [-0.15, -0.1) is 0 Å². The predicted molar refractivity (Wildman–Crippen MR) is 141 cm³/mol. The molecule has 0 fully saturated rings. The minimum absolute atomic E-state index is 0.0260. The SMILES string of the molecule is CC1=C(CC(=O)NCc2cc(Cl)ccc2CNC(=O)OC(C)(C)C)C(=O)N(NCc2cccnc2)CC1.